The quantitative estimate of drug-likeness (QED) is 0.609. The predicted octanol–water partition coefficient (Wildman–Crippen LogP) is 0.814. The number of carbonyl (C=O) groups excluding carboxylic acids is 1. The summed E-state index contributed by atoms with van der Waals surface area (Å²) in [6, 6.07) is 6.05. The number of hydrogen-bond donors (Lipinski definition) is 2. The molecule has 0 bridgehead atoms. The summed E-state index contributed by atoms with van der Waals surface area (Å²) < 4.78 is 25.0. The number of aliphatic imine (C=N–C) groups is 1. The summed E-state index contributed by atoms with van der Waals surface area (Å²) in [4.78, 5) is 15.9. The highest BCUT2D eigenvalue weighted by Gasteiger charge is 2.16. The van der Waals surface area contributed by atoms with Crippen molar-refractivity contribution in [3.8, 4) is 0 Å². The largest absolute Gasteiger partial charge is 0.368 e. The third kappa shape index (κ3) is 5.00. The highest BCUT2D eigenvalue weighted by Crippen LogP contribution is 2.16. The molecule has 1 aromatic rings. The number of anilines is 1. The SMILES string of the molecule is CN=C(NC)SCC(=O)Nc1ccc(S(=O)(=O)N(C)C)cc1. The van der Waals surface area contributed by atoms with E-state index in [2.05, 4.69) is 15.6 Å². The number of amidine groups is 1. The molecule has 0 saturated carbocycles. The van der Waals surface area contributed by atoms with E-state index in [4.69, 9.17) is 0 Å². The van der Waals surface area contributed by atoms with Crippen LogP contribution in [-0.2, 0) is 14.8 Å². The summed E-state index contributed by atoms with van der Waals surface area (Å²) in [6.45, 7) is 0. The highest BCUT2D eigenvalue weighted by molar-refractivity contribution is 8.14. The molecule has 0 unspecified atom stereocenters. The van der Waals surface area contributed by atoms with Gasteiger partial charge in [-0.2, -0.15) is 0 Å². The summed E-state index contributed by atoms with van der Waals surface area (Å²) in [6.07, 6.45) is 0. The molecule has 0 atom stereocenters. The van der Waals surface area contributed by atoms with Crippen LogP contribution in [0.2, 0.25) is 0 Å². The van der Waals surface area contributed by atoms with Crippen LogP contribution in [0.15, 0.2) is 34.2 Å². The molecule has 0 spiro atoms. The zero-order chi connectivity index (χ0) is 16.8. The first-order valence-electron chi connectivity index (χ1n) is 6.41. The Hall–Kier alpha value is -1.58. The van der Waals surface area contributed by atoms with Crippen LogP contribution in [0.4, 0.5) is 5.69 Å². The molecule has 122 valence electrons. The Labute approximate surface area is 135 Å². The second kappa shape index (κ2) is 8.16. The van der Waals surface area contributed by atoms with Gasteiger partial charge >= 0.3 is 0 Å². The van der Waals surface area contributed by atoms with E-state index in [0.717, 1.165) is 4.31 Å². The summed E-state index contributed by atoms with van der Waals surface area (Å²) in [7, 11) is 2.85. The van der Waals surface area contributed by atoms with Crippen molar-refractivity contribution in [2.45, 2.75) is 4.90 Å². The Morgan fingerprint density at radius 3 is 2.32 bits per heavy atom. The van der Waals surface area contributed by atoms with Gasteiger partial charge in [0.05, 0.1) is 10.6 Å². The van der Waals surface area contributed by atoms with Gasteiger partial charge < -0.3 is 10.6 Å². The Morgan fingerprint density at radius 2 is 1.86 bits per heavy atom. The number of nitrogens with one attached hydrogen (secondary N) is 2. The van der Waals surface area contributed by atoms with Crippen molar-refractivity contribution in [3.63, 3.8) is 0 Å². The lowest BCUT2D eigenvalue weighted by Gasteiger charge is -2.12. The number of carbonyl (C=O) groups is 1. The summed E-state index contributed by atoms with van der Waals surface area (Å²) in [5.74, 6) is 0.0234. The van der Waals surface area contributed by atoms with Gasteiger partial charge in [-0.3, -0.25) is 9.79 Å². The van der Waals surface area contributed by atoms with Gasteiger partial charge in [-0.1, -0.05) is 11.8 Å². The van der Waals surface area contributed by atoms with Crippen molar-refractivity contribution in [3.05, 3.63) is 24.3 Å². The second-order valence-corrected chi connectivity index (χ2v) is 7.54. The van der Waals surface area contributed by atoms with Crippen molar-refractivity contribution < 1.29 is 13.2 Å². The normalized spacial score (nSPS) is 12.3. The fourth-order valence-corrected chi connectivity index (χ4v) is 3.02. The third-order valence-electron chi connectivity index (χ3n) is 2.67. The van der Waals surface area contributed by atoms with Gasteiger partial charge in [0.1, 0.15) is 0 Å². The molecule has 0 saturated heterocycles. The minimum atomic E-state index is -3.46. The van der Waals surface area contributed by atoms with Gasteiger partial charge in [-0.15, -0.1) is 0 Å². The molecule has 22 heavy (non-hydrogen) atoms. The topological polar surface area (TPSA) is 90.9 Å². The molecule has 2 N–H and O–H groups in total. The van der Waals surface area contributed by atoms with Crippen LogP contribution in [0.1, 0.15) is 0 Å². The van der Waals surface area contributed by atoms with E-state index in [9.17, 15) is 13.2 Å². The van der Waals surface area contributed by atoms with E-state index in [-0.39, 0.29) is 16.6 Å². The van der Waals surface area contributed by atoms with E-state index in [1.807, 2.05) is 0 Å². The monoisotopic (exact) mass is 344 g/mol. The second-order valence-electron chi connectivity index (χ2n) is 4.43. The summed E-state index contributed by atoms with van der Waals surface area (Å²) in [5, 5.41) is 6.24. The minimum Gasteiger partial charge on any atom is -0.368 e. The molecule has 0 aromatic heterocycles. The van der Waals surface area contributed by atoms with Crippen LogP contribution < -0.4 is 10.6 Å². The molecule has 0 radical (unpaired) electrons. The van der Waals surface area contributed by atoms with Crippen molar-refractivity contribution in [1.29, 1.82) is 0 Å². The molecule has 1 amide bonds. The van der Waals surface area contributed by atoms with Gasteiger partial charge in [0.2, 0.25) is 15.9 Å². The number of sulfonamides is 1. The van der Waals surface area contributed by atoms with Crippen LogP contribution in [0.5, 0.6) is 0 Å². The smallest absolute Gasteiger partial charge is 0.242 e. The highest BCUT2D eigenvalue weighted by atomic mass is 32.2. The van der Waals surface area contributed by atoms with E-state index in [1.54, 1.807) is 26.2 Å². The maximum absolute atomic E-state index is 11.9. The fraction of sp³-hybridized carbons (Fsp3) is 0.385. The van der Waals surface area contributed by atoms with Crippen LogP contribution in [0.3, 0.4) is 0 Å². The average molecular weight is 344 g/mol. The maximum Gasteiger partial charge on any atom is 0.242 e. The first-order valence-corrected chi connectivity index (χ1v) is 8.83. The van der Waals surface area contributed by atoms with Gasteiger partial charge in [-0.05, 0) is 24.3 Å². The van der Waals surface area contributed by atoms with E-state index < -0.39 is 10.0 Å². The van der Waals surface area contributed by atoms with Gasteiger partial charge in [0.15, 0.2) is 5.17 Å². The lowest BCUT2D eigenvalue weighted by atomic mass is 10.3. The molecule has 7 nitrogen and oxygen atoms in total. The van der Waals surface area contributed by atoms with E-state index in [0.29, 0.717) is 10.9 Å². The molecule has 1 rings (SSSR count). The maximum atomic E-state index is 11.9. The molecule has 0 heterocycles. The number of amides is 1. The Kier molecular flexibility index (Phi) is 6.85. The molecule has 0 aliphatic rings. The van der Waals surface area contributed by atoms with Crippen LogP contribution >= 0.6 is 11.8 Å². The van der Waals surface area contributed by atoms with Gasteiger partial charge in [-0.25, -0.2) is 12.7 Å². The van der Waals surface area contributed by atoms with Crippen molar-refractivity contribution in [2.24, 2.45) is 4.99 Å². The third-order valence-corrected chi connectivity index (χ3v) is 5.57. The average Bonchev–Trinajstić information content (AvgIpc) is 2.48. The molecule has 0 aliphatic carbocycles. The molecule has 0 fully saturated rings. The first kappa shape index (κ1) is 18.5. The molecule has 9 heteroatoms. The summed E-state index contributed by atoms with van der Waals surface area (Å²) >= 11 is 1.28. The van der Waals surface area contributed by atoms with Crippen molar-refractivity contribution in [1.82, 2.24) is 9.62 Å². The first-order chi connectivity index (χ1) is 10.3. The Bertz CT molecular complexity index is 640. The lowest BCUT2D eigenvalue weighted by molar-refractivity contribution is -0.113. The van der Waals surface area contributed by atoms with Crippen LogP contribution in [0, 0.1) is 0 Å². The number of benzene rings is 1. The summed E-state index contributed by atoms with van der Waals surface area (Å²) in [5.41, 5.74) is 0.544. The molecule has 0 aliphatic heterocycles. The van der Waals surface area contributed by atoms with Gasteiger partial charge in [0.25, 0.3) is 0 Å². The van der Waals surface area contributed by atoms with Gasteiger partial charge in [0, 0.05) is 33.9 Å². The molecular formula is C13H20N4O3S2. The lowest BCUT2D eigenvalue weighted by Crippen LogP contribution is -2.22. The Morgan fingerprint density at radius 1 is 1.27 bits per heavy atom. The fourth-order valence-electron chi connectivity index (χ4n) is 1.50. The Balaban J connectivity index is 2.67. The van der Waals surface area contributed by atoms with E-state index >= 15 is 0 Å². The number of hydrogen-bond acceptors (Lipinski definition) is 5. The zero-order valence-corrected chi connectivity index (χ0v) is 14.6. The molecular weight excluding hydrogens is 324 g/mol. The predicted molar refractivity (Wildman–Crippen MR) is 90.8 cm³/mol. The zero-order valence-electron chi connectivity index (χ0n) is 13.0. The van der Waals surface area contributed by atoms with Crippen molar-refractivity contribution >= 4 is 38.5 Å². The number of nitrogens with zero attached hydrogens (tertiary/aromatic N) is 2. The minimum absolute atomic E-state index is 0.181. The molecule has 1 aromatic carbocycles. The standard InChI is InChI=1S/C13H20N4O3S2/c1-14-13(15-2)21-9-12(18)16-10-5-7-11(8-6-10)22(19,20)17(3)4/h5-8H,9H2,1-4H3,(H,14,15)(H,16,18). The van der Waals surface area contributed by atoms with Crippen LogP contribution in [0.25, 0.3) is 0 Å². The number of thioether (sulfide) groups is 1. The van der Waals surface area contributed by atoms with Crippen molar-refractivity contribution in [2.75, 3.05) is 39.3 Å². The van der Waals surface area contributed by atoms with E-state index in [1.165, 1.54) is 38.0 Å². The number of rotatable bonds is 5. The van der Waals surface area contributed by atoms with Crippen LogP contribution in [-0.4, -0.2) is 57.7 Å².